The highest BCUT2D eigenvalue weighted by atomic mass is 32.2. The molecule has 0 unspecified atom stereocenters. The van der Waals surface area contributed by atoms with Crippen molar-refractivity contribution in [2.45, 2.75) is 37.3 Å². The van der Waals surface area contributed by atoms with E-state index in [0.29, 0.717) is 17.0 Å². The largest absolute Gasteiger partial charge is 0.488 e. The average Bonchev–Trinajstić information content (AvgIpc) is 3.00. The molecule has 3 amide bonds. The number of hydrogen-bond acceptors (Lipinski definition) is 6. The molecule has 0 spiro atoms. The fourth-order valence-corrected chi connectivity index (χ4v) is 5.68. The van der Waals surface area contributed by atoms with Crippen molar-refractivity contribution in [3.63, 3.8) is 0 Å². The van der Waals surface area contributed by atoms with E-state index in [1.165, 1.54) is 17.0 Å². The van der Waals surface area contributed by atoms with Crippen molar-refractivity contribution >= 4 is 33.3 Å². The number of nitrogens with one attached hydrogen (secondary N) is 2. The van der Waals surface area contributed by atoms with Crippen LogP contribution in [-0.4, -0.2) is 74.2 Å². The topological polar surface area (TPSA) is 128 Å². The number of likely N-dealkylation sites (N-methyl/N-ethyl adjacent to an activating group) is 1. The van der Waals surface area contributed by atoms with Gasteiger partial charge in [0.2, 0.25) is 5.91 Å². The molecule has 3 aromatic rings. The van der Waals surface area contributed by atoms with Crippen LogP contribution in [0.1, 0.15) is 19.4 Å². The molecule has 224 valence electrons. The first-order valence-corrected chi connectivity index (χ1v) is 15.0. The third-order valence-corrected chi connectivity index (χ3v) is 8.52. The summed E-state index contributed by atoms with van der Waals surface area (Å²) >= 11 is 0. The maximum absolute atomic E-state index is 13.4. The molecule has 3 N–H and O–H groups in total. The fourth-order valence-electron chi connectivity index (χ4n) is 4.63. The minimum atomic E-state index is -4.03. The van der Waals surface area contributed by atoms with E-state index < -0.39 is 28.0 Å². The number of anilines is 2. The van der Waals surface area contributed by atoms with Crippen LogP contribution in [0.25, 0.3) is 0 Å². The summed E-state index contributed by atoms with van der Waals surface area (Å²) < 4.78 is 48.0. The fraction of sp³-hybridized carbons (Fsp3) is 0.333. The zero-order chi connectivity index (χ0) is 30.4. The molecular formula is C30H35FN4O6S. The van der Waals surface area contributed by atoms with Crippen LogP contribution in [0.2, 0.25) is 0 Å². The number of urea groups is 1. The number of nitrogens with zero attached hydrogens (tertiary/aromatic N) is 2. The number of benzene rings is 3. The number of aliphatic hydroxyl groups excluding tert-OH is 1. The van der Waals surface area contributed by atoms with Gasteiger partial charge in [0.15, 0.2) is 0 Å². The Hall–Kier alpha value is -4.16. The zero-order valence-corrected chi connectivity index (χ0v) is 24.5. The molecule has 0 saturated carbocycles. The molecule has 0 radical (unpaired) electrons. The van der Waals surface area contributed by atoms with Crippen LogP contribution >= 0.6 is 0 Å². The van der Waals surface area contributed by atoms with Crippen molar-refractivity contribution in [1.82, 2.24) is 9.80 Å². The van der Waals surface area contributed by atoms with Crippen LogP contribution in [0.4, 0.5) is 20.6 Å². The number of fused-ring (bicyclic) bond motifs is 1. The van der Waals surface area contributed by atoms with Crippen LogP contribution in [-0.2, 0) is 21.2 Å². The van der Waals surface area contributed by atoms with Gasteiger partial charge < -0.3 is 25.0 Å². The number of para-hydroxylation sites is 1. The summed E-state index contributed by atoms with van der Waals surface area (Å²) in [5, 5.41) is 12.7. The molecule has 0 fully saturated rings. The summed E-state index contributed by atoms with van der Waals surface area (Å²) in [6.07, 6.45) is -0.647. The molecule has 1 aliphatic rings. The van der Waals surface area contributed by atoms with Crippen molar-refractivity contribution in [2.75, 3.05) is 36.8 Å². The van der Waals surface area contributed by atoms with Crippen molar-refractivity contribution in [3.8, 4) is 5.75 Å². The number of hydrogen-bond donors (Lipinski definition) is 3. The molecule has 0 saturated heterocycles. The summed E-state index contributed by atoms with van der Waals surface area (Å²) in [6, 6.07) is 17.3. The summed E-state index contributed by atoms with van der Waals surface area (Å²) in [7, 11) is -2.38. The van der Waals surface area contributed by atoms with Gasteiger partial charge in [-0.3, -0.25) is 9.52 Å². The van der Waals surface area contributed by atoms with Crippen LogP contribution < -0.4 is 14.8 Å². The highest BCUT2D eigenvalue weighted by Crippen LogP contribution is 2.30. The molecule has 0 aliphatic carbocycles. The number of amides is 3. The van der Waals surface area contributed by atoms with Gasteiger partial charge >= 0.3 is 6.03 Å². The SMILES string of the molecule is C[C@@H]1CN([C@@H](C)CO)C(=O)Cc2cc(NS(=O)(=O)c3ccc(F)cc3)ccc2O[C@H]1CN(C)C(=O)Nc1ccccc1. The Kier molecular flexibility index (Phi) is 9.69. The Morgan fingerprint density at radius 3 is 2.48 bits per heavy atom. The van der Waals surface area contributed by atoms with Crippen LogP contribution in [0.15, 0.2) is 77.7 Å². The van der Waals surface area contributed by atoms with Gasteiger partial charge in [0.25, 0.3) is 10.0 Å². The maximum Gasteiger partial charge on any atom is 0.321 e. The minimum absolute atomic E-state index is 0.102. The molecule has 42 heavy (non-hydrogen) atoms. The molecule has 10 nitrogen and oxygen atoms in total. The number of halogens is 1. The highest BCUT2D eigenvalue weighted by molar-refractivity contribution is 7.92. The molecule has 4 rings (SSSR count). The van der Waals surface area contributed by atoms with Crippen molar-refractivity contribution in [1.29, 1.82) is 0 Å². The van der Waals surface area contributed by atoms with Gasteiger partial charge in [0, 0.05) is 36.4 Å². The number of rotatable bonds is 8. The van der Waals surface area contributed by atoms with Gasteiger partial charge in [-0.2, -0.15) is 0 Å². The van der Waals surface area contributed by atoms with E-state index in [2.05, 4.69) is 10.0 Å². The summed E-state index contributed by atoms with van der Waals surface area (Å²) in [6.45, 7) is 3.87. The molecule has 12 heteroatoms. The Morgan fingerprint density at radius 2 is 1.81 bits per heavy atom. The second-order valence-electron chi connectivity index (χ2n) is 10.4. The molecule has 1 aliphatic heterocycles. The molecule has 3 aromatic carbocycles. The van der Waals surface area contributed by atoms with Gasteiger partial charge in [-0.1, -0.05) is 25.1 Å². The van der Waals surface area contributed by atoms with Crippen molar-refractivity contribution in [2.24, 2.45) is 5.92 Å². The molecule has 0 bridgehead atoms. The van der Waals surface area contributed by atoms with E-state index in [0.717, 1.165) is 24.3 Å². The Bertz CT molecular complexity index is 1500. The Morgan fingerprint density at radius 1 is 1.12 bits per heavy atom. The van der Waals surface area contributed by atoms with Crippen molar-refractivity contribution < 1.29 is 32.2 Å². The van der Waals surface area contributed by atoms with Crippen LogP contribution in [0, 0.1) is 11.7 Å². The Labute approximate surface area is 245 Å². The first kappa shape index (κ1) is 30.8. The third kappa shape index (κ3) is 7.56. The molecule has 0 aromatic heterocycles. The first-order valence-electron chi connectivity index (χ1n) is 13.5. The predicted molar refractivity (Wildman–Crippen MR) is 157 cm³/mol. The van der Waals surface area contributed by atoms with Gasteiger partial charge in [-0.05, 0) is 61.5 Å². The summed E-state index contributed by atoms with van der Waals surface area (Å²) in [4.78, 5) is 29.3. The van der Waals surface area contributed by atoms with Gasteiger partial charge in [-0.25, -0.2) is 17.6 Å². The number of carbonyl (C=O) groups is 2. The number of aliphatic hydroxyl groups is 1. The predicted octanol–water partition coefficient (Wildman–Crippen LogP) is 3.94. The van der Waals surface area contributed by atoms with E-state index in [-0.39, 0.29) is 54.6 Å². The van der Waals surface area contributed by atoms with Gasteiger partial charge in [0.1, 0.15) is 17.7 Å². The van der Waals surface area contributed by atoms with E-state index in [1.807, 2.05) is 25.1 Å². The Balaban J connectivity index is 1.62. The summed E-state index contributed by atoms with van der Waals surface area (Å²) in [5.74, 6) is -0.684. The first-order chi connectivity index (χ1) is 20.0. The monoisotopic (exact) mass is 598 g/mol. The number of carbonyl (C=O) groups excluding carboxylic acids is 2. The highest BCUT2D eigenvalue weighted by Gasteiger charge is 2.32. The number of ether oxygens (including phenoxy) is 1. The van der Waals surface area contributed by atoms with Crippen molar-refractivity contribution in [3.05, 3.63) is 84.2 Å². The maximum atomic E-state index is 13.4. The minimum Gasteiger partial charge on any atom is -0.488 e. The van der Waals surface area contributed by atoms with Crippen LogP contribution in [0.5, 0.6) is 5.75 Å². The third-order valence-electron chi connectivity index (χ3n) is 7.12. The average molecular weight is 599 g/mol. The molecule has 3 atom stereocenters. The normalized spacial score (nSPS) is 18.0. The lowest BCUT2D eigenvalue weighted by Gasteiger charge is -2.34. The van der Waals surface area contributed by atoms with E-state index in [1.54, 1.807) is 37.1 Å². The second kappa shape index (κ2) is 13.2. The smallest absolute Gasteiger partial charge is 0.321 e. The van der Waals surface area contributed by atoms with Crippen LogP contribution in [0.3, 0.4) is 0 Å². The lowest BCUT2D eigenvalue weighted by molar-refractivity contribution is -0.134. The number of sulfonamides is 1. The van der Waals surface area contributed by atoms with E-state index >= 15 is 0 Å². The second-order valence-corrected chi connectivity index (χ2v) is 12.1. The lowest BCUT2D eigenvalue weighted by Crippen LogP contribution is -2.48. The van der Waals surface area contributed by atoms with E-state index in [9.17, 15) is 27.5 Å². The zero-order valence-electron chi connectivity index (χ0n) is 23.7. The summed E-state index contributed by atoms with van der Waals surface area (Å²) in [5.41, 5.74) is 1.27. The lowest BCUT2D eigenvalue weighted by atomic mass is 10.0. The quantitative estimate of drug-likeness (QED) is 0.361. The van der Waals surface area contributed by atoms with Gasteiger partial charge in [0.05, 0.1) is 30.5 Å². The van der Waals surface area contributed by atoms with E-state index in [4.69, 9.17) is 4.74 Å². The molecule has 1 heterocycles. The molecular weight excluding hydrogens is 563 g/mol. The van der Waals surface area contributed by atoms with Gasteiger partial charge in [-0.15, -0.1) is 0 Å². The standard InChI is InChI=1S/C30H35FN4O6S/c1-20-17-35(21(2)19-36)29(37)16-22-15-25(33-42(39,40)26-12-9-23(31)10-13-26)11-14-27(22)41-28(20)18-34(3)30(38)32-24-7-5-4-6-8-24/h4-15,20-21,28,33,36H,16-19H2,1-3H3,(H,32,38)/t20-,21+,28+/m1/s1.